The van der Waals surface area contributed by atoms with Crippen LogP contribution in [0.3, 0.4) is 0 Å². The van der Waals surface area contributed by atoms with Gasteiger partial charge in [-0.05, 0) is 13.0 Å². The van der Waals surface area contributed by atoms with Gasteiger partial charge >= 0.3 is 0 Å². The first-order valence-electron chi connectivity index (χ1n) is 7.35. The molecule has 0 fully saturated rings. The maximum atomic E-state index is 6.07. The first-order valence-corrected chi connectivity index (χ1v) is 7.35. The lowest BCUT2D eigenvalue weighted by Crippen LogP contribution is -2.22. The van der Waals surface area contributed by atoms with Crippen molar-refractivity contribution >= 4 is 11.0 Å². The van der Waals surface area contributed by atoms with Crippen LogP contribution >= 0.6 is 0 Å². The Hall–Kier alpha value is -2.07. The molecule has 0 bridgehead atoms. The maximum Gasteiger partial charge on any atom is 0.134 e. The monoisotopic (exact) mass is 283 g/mol. The highest BCUT2D eigenvalue weighted by Gasteiger charge is 2.15. The van der Waals surface area contributed by atoms with E-state index in [1.807, 2.05) is 31.5 Å². The summed E-state index contributed by atoms with van der Waals surface area (Å²) < 4.78 is 8.18. The van der Waals surface area contributed by atoms with Crippen LogP contribution in [-0.2, 0) is 13.1 Å². The van der Waals surface area contributed by atoms with Crippen LogP contribution in [0.25, 0.3) is 11.0 Å². The number of aromatic nitrogens is 2. The summed E-state index contributed by atoms with van der Waals surface area (Å²) >= 11 is 0. The Kier molecular flexibility index (Phi) is 3.80. The third-order valence-corrected chi connectivity index (χ3v) is 3.71. The molecule has 0 aliphatic rings. The van der Waals surface area contributed by atoms with Crippen molar-refractivity contribution in [2.24, 2.45) is 0 Å². The number of benzene rings is 1. The summed E-state index contributed by atoms with van der Waals surface area (Å²) in [5.41, 5.74) is 2.19. The summed E-state index contributed by atoms with van der Waals surface area (Å²) in [4.78, 5) is 4.28. The molecule has 0 spiro atoms. The number of nitrogens with one attached hydrogen (secondary N) is 1. The van der Waals surface area contributed by atoms with Crippen molar-refractivity contribution in [3.05, 3.63) is 53.8 Å². The first kappa shape index (κ1) is 13.9. The van der Waals surface area contributed by atoms with E-state index < -0.39 is 0 Å². The fourth-order valence-corrected chi connectivity index (χ4v) is 2.50. The molecule has 0 aliphatic heterocycles. The number of rotatable bonds is 5. The van der Waals surface area contributed by atoms with E-state index in [4.69, 9.17) is 4.42 Å². The van der Waals surface area contributed by atoms with Gasteiger partial charge in [-0.2, -0.15) is 0 Å². The Morgan fingerprint density at radius 2 is 2.10 bits per heavy atom. The zero-order valence-electron chi connectivity index (χ0n) is 12.8. The molecule has 1 aromatic carbocycles. The molecule has 110 valence electrons. The summed E-state index contributed by atoms with van der Waals surface area (Å²) in [5.74, 6) is 2.00. The van der Waals surface area contributed by atoms with Crippen molar-refractivity contribution < 1.29 is 4.42 Å². The predicted octanol–water partition coefficient (Wildman–Crippen LogP) is 3.48. The minimum absolute atomic E-state index is 0.446. The summed E-state index contributed by atoms with van der Waals surface area (Å²) in [6, 6.07) is 8.67. The molecule has 0 atom stereocenters. The van der Waals surface area contributed by atoms with Crippen molar-refractivity contribution in [1.82, 2.24) is 14.9 Å². The molecule has 1 N–H and O–H groups in total. The van der Waals surface area contributed by atoms with Crippen LogP contribution in [0, 0.1) is 6.92 Å². The molecule has 0 radical (unpaired) electrons. The molecular formula is C17H21N3O. The quantitative estimate of drug-likeness (QED) is 0.779. The van der Waals surface area contributed by atoms with Gasteiger partial charge in [0.15, 0.2) is 0 Å². The lowest BCUT2D eigenvalue weighted by atomic mass is 10.1. The molecule has 0 unspecified atom stereocenters. The van der Waals surface area contributed by atoms with Gasteiger partial charge in [0.1, 0.15) is 17.2 Å². The lowest BCUT2D eigenvalue weighted by molar-refractivity contribution is 0.507. The first-order chi connectivity index (χ1) is 10.1. The van der Waals surface area contributed by atoms with Crippen LogP contribution in [0.15, 0.2) is 41.1 Å². The average Bonchev–Trinajstić information content (AvgIpc) is 3.01. The zero-order chi connectivity index (χ0) is 14.8. The molecule has 3 rings (SSSR count). The van der Waals surface area contributed by atoms with Gasteiger partial charge in [0.2, 0.25) is 0 Å². The van der Waals surface area contributed by atoms with Gasteiger partial charge in [-0.15, -0.1) is 0 Å². The fraction of sp³-hybridized carbons (Fsp3) is 0.353. The molecule has 0 aliphatic carbocycles. The third kappa shape index (κ3) is 2.85. The summed E-state index contributed by atoms with van der Waals surface area (Å²) in [7, 11) is 0. The largest absolute Gasteiger partial charge is 0.459 e. The van der Waals surface area contributed by atoms with E-state index in [1.165, 1.54) is 10.9 Å². The number of furan rings is 1. The molecule has 0 saturated carbocycles. The van der Waals surface area contributed by atoms with Crippen LogP contribution in [-0.4, -0.2) is 15.6 Å². The predicted molar refractivity (Wildman–Crippen MR) is 84.3 cm³/mol. The van der Waals surface area contributed by atoms with E-state index in [0.29, 0.717) is 6.04 Å². The molecule has 0 saturated heterocycles. The van der Waals surface area contributed by atoms with E-state index in [-0.39, 0.29) is 0 Å². The number of hydrogen-bond acceptors (Lipinski definition) is 3. The Labute approximate surface area is 124 Å². The second-order valence-electron chi connectivity index (χ2n) is 5.64. The minimum Gasteiger partial charge on any atom is -0.459 e. The number of hydrogen-bond donors (Lipinski definition) is 1. The Morgan fingerprint density at radius 1 is 1.29 bits per heavy atom. The normalized spacial score (nSPS) is 11.6. The molecule has 2 heterocycles. The van der Waals surface area contributed by atoms with Gasteiger partial charge < -0.3 is 14.3 Å². The average molecular weight is 283 g/mol. The number of aryl methyl sites for hydroxylation is 1. The third-order valence-electron chi connectivity index (χ3n) is 3.71. The number of para-hydroxylation sites is 1. The lowest BCUT2D eigenvalue weighted by Gasteiger charge is -2.09. The number of imidazole rings is 1. The van der Waals surface area contributed by atoms with Gasteiger partial charge in [0.05, 0.1) is 6.54 Å². The van der Waals surface area contributed by atoms with Crippen molar-refractivity contribution in [2.45, 2.75) is 39.9 Å². The van der Waals surface area contributed by atoms with E-state index >= 15 is 0 Å². The Balaban J connectivity index is 1.99. The Morgan fingerprint density at radius 3 is 2.81 bits per heavy atom. The molecular weight excluding hydrogens is 262 g/mol. The van der Waals surface area contributed by atoms with Crippen LogP contribution in [0.1, 0.15) is 31.0 Å². The van der Waals surface area contributed by atoms with E-state index in [2.05, 4.69) is 40.8 Å². The van der Waals surface area contributed by atoms with Crippen molar-refractivity contribution in [1.29, 1.82) is 0 Å². The van der Waals surface area contributed by atoms with Gasteiger partial charge in [-0.25, -0.2) is 4.98 Å². The Bertz CT molecular complexity index is 739. The number of nitrogens with zero attached hydrogens (tertiary/aromatic N) is 2. The van der Waals surface area contributed by atoms with E-state index in [0.717, 1.165) is 30.3 Å². The van der Waals surface area contributed by atoms with Crippen LogP contribution in [0.5, 0.6) is 0 Å². The molecule has 2 aromatic heterocycles. The fourth-order valence-electron chi connectivity index (χ4n) is 2.50. The van der Waals surface area contributed by atoms with Gasteiger partial charge in [0.25, 0.3) is 0 Å². The standard InChI is InChI=1S/C17H21N3O/c1-12(2)19-10-15-14-6-4-5-7-16(14)21-17(15)11-20-9-8-18-13(20)3/h4-9,12,19H,10-11H2,1-3H3. The molecule has 3 aromatic rings. The van der Waals surface area contributed by atoms with Crippen LogP contribution in [0.4, 0.5) is 0 Å². The highest BCUT2D eigenvalue weighted by atomic mass is 16.3. The van der Waals surface area contributed by atoms with Crippen LogP contribution in [0.2, 0.25) is 0 Å². The van der Waals surface area contributed by atoms with E-state index in [1.54, 1.807) is 0 Å². The smallest absolute Gasteiger partial charge is 0.134 e. The molecule has 4 nitrogen and oxygen atoms in total. The van der Waals surface area contributed by atoms with Crippen LogP contribution < -0.4 is 5.32 Å². The van der Waals surface area contributed by atoms with Gasteiger partial charge in [-0.3, -0.25) is 0 Å². The SMILES string of the molecule is Cc1nccn1Cc1oc2ccccc2c1CNC(C)C. The maximum absolute atomic E-state index is 6.07. The van der Waals surface area contributed by atoms with Crippen molar-refractivity contribution in [2.75, 3.05) is 0 Å². The minimum atomic E-state index is 0.446. The topological polar surface area (TPSA) is 43.0 Å². The van der Waals surface area contributed by atoms with Crippen molar-refractivity contribution in [3.8, 4) is 0 Å². The molecule has 4 heteroatoms. The summed E-state index contributed by atoms with van der Waals surface area (Å²) in [6.45, 7) is 7.85. The highest BCUT2D eigenvalue weighted by Crippen LogP contribution is 2.26. The van der Waals surface area contributed by atoms with E-state index in [9.17, 15) is 0 Å². The molecule has 21 heavy (non-hydrogen) atoms. The zero-order valence-corrected chi connectivity index (χ0v) is 12.8. The molecule has 0 amide bonds. The van der Waals surface area contributed by atoms with Crippen molar-refractivity contribution in [3.63, 3.8) is 0 Å². The number of fused-ring (bicyclic) bond motifs is 1. The second-order valence-corrected chi connectivity index (χ2v) is 5.64. The van der Waals surface area contributed by atoms with Gasteiger partial charge in [0, 0.05) is 35.9 Å². The summed E-state index contributed by atoms with van der Waals surface area (Å²) in [5, 5.41) is 4.68. The van der Waals surface area contributed by atoms with Gasteiger partial charge in [-0.1, -0.05) is 32.0 Å². The highest BCUT2D eigenvalue weighted by molar-refractivity contribution is 5.82. The second kappa shape index (κ2) is 5.74. The summed E-state index contributed by atoms with van der Waals surface area (Å²) in [6.07, 6.45) is 3.81.